The van der Waals surface area contributed by atoms with Gasteiger partial charge < -0.3 is 5.11 Å². The van der Waals surface area contributed by atoms with E-state index < -0.39 is 0 Å². The van der Waals surface area contributed by atoms with Crippen molar-refractivity contribution >= 4 is 17.3 Å². The largest absolute Gasteiger partial charge is 1.00 e. The average Bonchev–Trinajstić information content (AvgIpc) is 1.31. The fraction of sp³-hybridized carbons (Fsp3) is 0.800. The standard InChI is InChI=1S/C5H10OS.Li/c1-5(2,3)4(6)7;/h1-3H3,(H,6,7);/q;+1/p-1. The van der Waals surface area contributed by atoms with Crippen LogP contribution in [0.5, 0.6) is 0 Å². The molecule has 0 aromatic rings. The van der Waals surface area contributed by atoms with Crippen LogP contribution in [0.1, 0.15) is 20.8 Å². The third-order valence-corrected chi connectivity index (χ3v) is 1.22. The maximum atomic E-state index is 10.3. The van der Waals surface area contributed by atoms with Gasteiger partial charge in [-0.05, 0) is 5.41 Å². The molecule has 0 amide bonds. The van der Waals surface area contributed by atoms with Gasteiger partial charge in [0.15, 0.2) is 0 Å². The van der Waals surface area contributed by atoms with Crippen LogP contribution in [0.4, 0.5) is 0 Å². The molecule has 42 valence electrons. The van der Waals surface area contributed by atoms with E-state index in [0.717, 1.165) is 0 Å². The Kier molecular flexibility index (Phi) is 4.95. The number of rotatable bonds is 0. The summed E-state index contributed by atoms with van der Waals surface area (Å²) in [6.07, 6.45) is 0. The molecule has 0 N–H and O–H groups in total. The molecule has 0 unspecified atom stereocenters. The molecule has 0 radical (unpaired) electrons. The Balaban J connectivity index is 0. The molecule has 0 heterocycles. The molecule has 0 aromatic heterocycles. The van der Waals surface area contributed by atoms with Crippen LogP contribution in [0.15, 0.2) is 0 Å². The van der Waals surface area contributed by atoms with Crippen molar-refractivity contribution in [3.8, 4) is 0 Å². The monoisotopic (exact) mass is 124 g/mol. The van der Waals surface area contributed by atoms with E-state index in [1.54, 1.807) is 0 Å². The Labute approximate surface area is 67.6 Å². The Bertz CT molecular complexity index is 84.9. The molecule has 0 atom stereocenters. The number of thiocarbonyl (C=S) groups is 1. The summed E-state index contributed by atoms with van der Waals surface area (Å²) >= 11 is 4.38. The summed E-state index contributed by atoms with van der Waals surface area (Å²) in [5.74, 6) is 0. The van der Waals surface area contributed by atoms with Gasteiger partial charge in [-0.25, -0.2) is 0 Å². The maximum absolute atomic E-state index is 10.3. The van der Waals surface area contributed by atoms with Gasteiger partial charge in [0.05, 0.1) is 0 Å². The molecule has 0 aliphatic carbocycles. The fourth-order valence-corrected chi connectivity index (χ4v) is 0. The van der Waals surface area contributed by atoms with Gasteiger partial charge >= 0.3 is 18.9 Å². The average molecular weight is 124 g/mol. The van der Waals surface area contributed by atoms with Crippen molar-refractivity contribution in [1.29, 1.82) is 0 Å². The van der Waals surface area contributed by atoms with Crippen LogP contribution in [0, 0.1) is 5.41 Å². The molecule has 0 rings (SSSR count). The van der Waals surface area contributed by atoms with Crippen LogP contribution in [0.2, 0.25) is 0 Å². The van der Waals surface area contributed by atoms with Crippen LogP contribution in [0.25, 0.3) is 0 Å². The Morgan fingerprint density at radius 3 is 1.50 bits per heavy atom. The molecular weight excluding hydrogens is 115 g/mol. The summed E-state index contributed by atoms with van der Waals surface area (Å²) in [5.41, 5.74) is -0.324. The van der Waals surface area contributed by atoms with Crippen molar-refractivity contribution < 1.29 is 24.0 Å². The first-order valence-electron chi connectivity index (χ1n) is 2.16. The first-order chi connectivity index (χ1) is 2.94. The molecule has 0 fully saturated rings. The van der Waals surface area contributed by atoms with Crippen LogP contribution in [0.3, 0.4) is 0 Å². The van der Waals surface area contributed by atoms with Gasteiger partial charge in [-0.3, -0.25) is 0 Å². The van der Waals surface area contributed by atoms with Gasteiger partial charge in [0.2, 0.25) is 0 Å². The minimum absolute atomic E-state index is 0. The fourth-order valence-electron chi connectivity index (χ4n) is 0. The van der Waals surface area contributed by atoms with E-state index in [0.29, 0.717) is 0 Å². The van der Waals surface area contributed by atoms with E-state index >= 15 is 0 Å². The second-order valence-electron chi connectivity index (χ2n) is 2.54. The quantitative estimate of drug-likeness (QED) is 0.268. The number of hydrogen-bond acceptors (Lipinski definition) is 2. The van der Waals surface area contributed by atoms with E-state index in [9.17, 15) is 5.11 Å². The van der Waals surface area contributed by atoms with E-state index in [1.165, 1.54) is 0 Å². The van der Waals surface area contributed by atoms with Gasteiger partial charge in [0.25, 0.3) is 0 Å². The topological polar surface area (TPSA) is 23.1 Å². The van der Waals surface area contributed by atoms with Crippen molar-refractivity contribution in [3.05, 3.63) is 0 Å². The summed E-state index contributed by atoms with van der Waals surface area (Å²) in [6.45, 7) is 5.42. The van der Waals surface area contributed by atoms with Gasteiger partial charge in [-0.2, -0.15) is 0 Å². The first-order valence-corrected chi connectivity index (χ1v) is 2.57. The molecule has 3 heteroatoms. The Morgan fingerprint density at radius 2 is 1.50 bits per heavy atom. The molecule has 0 aliphatic heterocycles. The molecule has 0 bridgehead atoms. The minimum Gasteiger partial charge on any atom is -0.867 e. The van der Waals surface area contributed by atoms with Crippen LogP contribution in [-0.2, 0) is 0 Å². The molecule has 0 spiro atoms. The third-order valence-electron chi connectivity index (χ3n) is 0.612. The van der Waals surface area contributed by atoms with Crippen molar-refractivity contribution in [2.45, 2.75) is 20.8 Å². The SMILES string of the molecule is CC(C)(C)C([O-])=S.[Li+]. The second-order valence-corrected chi connectivity index (χ2v) is 2.91. The van der Waals surface area contributed by atoms with E-state index in [4.69, 9.17) is 0 Å². The predicted molar refractivity (Wildman–Crippen MR) is 32.1 cm³/mol. The molecule has 0 aliphatic rings. The Morgan fingerprint density at radius 1 is 1.38 bits per heavy atom. The van der Waals surface area contributed by atoms with Gasteiger partial charge in [-0.15, -0.1) is 12.2 Å². The number of hydrogen-bond donors (Lipinski definition) is 0. The molecule has 0 saturated carbocycles. The van der Waals surface area contributed by atoms with Gasteiger partial charge in [0.1, 0.15) is 0 Å². The summed E-state index contributed by atoms with van der Waals surface area (Å²) in [4.78, 5) is 0. The van der Waals surface area contributed by atoms with Crippen molar-refractivity contribution in [1.82, 2.24) is 0 Å². The summed E-state index contributed by atoms with van der Waals surface area (Å²) in [6, 6.07) is 0. The van der Waals surface area contributed by atoms with Gasteiger partial charge in [0, 0.05) is 0 Å². The van der Waals surface area contributed by atoms with E-state index in [-0.39, 0.29) is 29.3 Å². The van der Waals surface area contributed by atoms with Crippen molar-refractivity contribution in [2.75, 3.05) is 0 Å². The van der Waals surface area contributed by atoms with Crippen LogP contribution < -0.4 is 24.0 Å². The zero-order valence-electron chi connectivity index (χ0n) is 5.82. The molecule has 0 aromatic carbocycles. The van der Waals surface area contributed by atoms with Crippen LogP contribution in [-0.4, -0.2) is 5.05 Å². The molecule has 1 nitrogen and oxygen atoms in total. The smallest absolute Gasteiger partial charge is 0.867 e. The summed E-state index contributed by atoms with van der Waals surface area (Å²) in [5, 5.41) is 10.1. The predicted octanol–water partition coefficient (Wildman–Crippen LogP) is -2.28. The van der Waals surface area contributed by atoms with Crippen LogP contribution >= 0.6 is 12.2 Å². The zero-order chi connectivity index (χ0) is 6.08. The normalized spacial score (nSPS) is 9.88. The zero-order valence-corrected chi connectivity index (χ0v) is 6.63. The Hall–Kier alpha value is 0.487. The summed E-state index contributed by atoms with van der Waals surface area (Å²) in [7, 11) is 0. The maximum Gasteiger partial charge on any atom is 1.00 e. The molecular formula is C5H9LiOS. The van der Waals surface area contributed by atoms with Crippen molar-refractivity contribution in [2.24, 2.45) is 5.41 Å². The van der Waals surface area contributed by atoms with E-state index in [1.807, 2.05) is 20.8 Å². The summed E-state index contributed by atoms with van der Waals surface area (Å²) < 4.78 is 0. The third kappa shape index (κ3) is 4.64. The van der Waals surface area contributed by atoms with Gasteiger partial charge in [-0.1, -0.05) is 25.8 Å². The minimum atomic E-state index is -0.324. The second kappa shape index (κ2) is 3.50. The molecule has 0 saturated heterocycles. The van der Waals surface area contributed by atoms with E-state index in [2.05, 4.69) is 12.2 Å². The molecule has 8 heavy (non-hydrogen) atoms. The first kappa shape index (κ1) is 11.3. The van der Waals surface area contributed by atoms with Crippen molar-refractivity contribution in [3.63, 3.8) is 0 Å².